The summed E-state index contributed by atoms with van der Waals surface area (Å²) in [7, 11) is 0. The Morgan fingerprint density at radius 2 is 2.23 bits per heavy atom. The van der Waals surface area contributed by atoms with Crippen molar-refractivity contribution in [1.82, 2.24) is 4.98 Å². The zero-order valence-corrected chi connectivity index (χ0v) is 7.98. The van der Waals surface area contributed by atoms with Crippen LogP contribution in [-0.2, 0) is 4.79 Å². The molecular formula is C8H8FNO2S. The molecule has 1 aromatic heterocycles. The summed E-state index contributed by atoms with van der Waals surface area (Å²) >= 11 is 1.27. The second-order valence-electron chi connectivity index (χ2n) is 2.48. The first-order valence-electron chi connectivity index (χ1n) is 3.55. The number of nitrogens with zero attached hydrogens (tertiary/aromatic N) is 1. The van der Waals surface area contributed by atoms with Crippen molar-refractivity contribution in [2.24, 2.45) is 0 Å². The van der Waals surface area contributed by atoms with Gasteiger partial charge in [-0.3, -0.25) is 0 Å². The Bertz CT molecular complexity index is 370. The molecule has 0 atom stereocenters. The van der Waals surface area contributed by atoms with Crippen LogP contribution in [0.15, 0.2) is 5.83 Å². The van der Waals surface area contributed by atoms with E-state index < -0.39 is 11.8 Å². The smallest absolute Gasteiger partial charge is 0.364 e. The number of carboxylic acid groups (broad SMARTS) is 1. The second kappa shape index (κ2) is 3.66. The highest BCUT2D eigenvalue weighted by molar-refractivity contribution is 7.12. The van der Waals surface area contributed by atoms with Crippen molar-refractivity contribution in [3.8, 4) is 0 Å². The first kappa shape index (κ1) is 9.85. The van der Waals surface area contributed by atoms with Crippen LogP contribution in [0.2, 0.25) is 0 Å². The van der Waals surface area contributed by atoms with Crippen LogP contribution in [0.1, 0.15) is 15.6 Å². The molecule has 0 fully saturated rings. The molecule has 0 aliphatic carbocycles. The zero-order valence-electron chi connectivity index (χ0n) is 7.17. The van der Waals surface area contributed by atoms with Crippen molar-refractivity contribution in [2.45, 2.75) is 13.8 Å². The minimum absolute atomic E-state index is 0.553. The molecule has 0 aliphatic rings. The van der Waals surface area contributed by atoms with Gasteiger partial charge in [-0.15, -0.1) is 11.3 Å². The molecule has 0 aromatic carbocycles. The highest BCUT2D eigenvalue weighted by Gasteiger charge is 2.08. The van der Waals surface area contributed by atoms with Crippen molar-refractivity contribution in [2.75, 3.05) is 0 Å². The van der Waals surface area contributed by atoms with Gasteiger partial charge in [-0.05, 0) is 13.8 Å². The maximum atomic E-state index is 12.6. The number of thiazole rings is 1. The Morgan fingerprint density at radius 1 is 1.62 bits per heavy atom. The molecule has 0 unspecified atom stereocenters. The lowest BCUT2D eigenvalue weighted by Gasteiger charge is -1.88. The minimum atomic E-state index is -1.55. The lowest BCUT2D eigenvalue weighted by atomic mass is 10.3. The first-order chi connectivity index (χ1) is 6.00. The van der Waals surface area contributed by atoms with Gasteiger partial charge in [-0.1, -0.05) is 0 Å². The molecule has 3 nitrogen and oxygen atoms in total. The zero-order chi connectivity index (χ0) is 10.0. The molecule has 70 valence electrons. The van der Waals surface area contributed by atoms with Gasteiger partial charge in [0.2, 0.25) is 5.83 Å². The topological polar surface area (TPSA) is 50.2 Å². The summed E-state index contributed by atoms with van der Waals surface area (Å²) in [4.78, 5) is 14.8. The molecule has 0 amide bonds. The highest BCUT2D eigenvalue weighted by atomic mass is 32.1. The largest absolute Gasteiger partial charge is 0.476 e. The highest BCUT2D eigenvalue weighted by Crippen LogP contribution is 2.20. The van der Waals surface area contributed by atoms with Gasteiger partial charge in [0.25, 0.3) is 0 Å². The Morgan fingerprint density at radius 3 is 2.62 bits per heavy atom. The lowest BCUT2D eigenvalue weighted by Crippen LogP contribution is -1.93. The molecule has 1 rings (SSSR count). The van der Waals surface area contributed by atoms with Crippen molar-refractivity contribution < 1.29 is 14.3 Å². The second-order valence-corrected chi connectivity index (χ2v) is 3.71. The molecule has 0 saturated carbocycles. The van der Waals surface area contributed by atoms with Crippen LogP contribution in [0, 0.1) is 13.8 Å². The van der Waals surface area contributed by atoms with Gasteiger partial charge in [0.05, 0.1) is 15.6 Å². The van der Waals surface area contributed by atoms with Gasteiger partial charge in [0.15, 0.2) is 0 Å². The normalized spacial score (nSPS) is 11.8. The standard InChI is InChI=1S/C8H8FNO2S/c1-4-7(13-5(2)10-4)3-6(9)8(11)12/h3H,1-2H3,(H,11,12). The molecular weight excluding hydrogens is 193 g/mol. The van der Waals surface area contributed by atoms with E-state index >= 15 is 0 Å². The summed E-state index contributed by atoms with van der Waals surface area (Å²) < 4.78 is 12.6. The Labute approximate surface area is 78.5 Å². The molecule has 13 heavy (non-hydrogen) atoms. The van der Waals surface area contributed by atoms with E-state index in [1.807, 2.05) is 0 Å². The van der Waals surface area contributed by atoms with E-state index in [4.69, 9.17) is 5.11 Å². The molecule has 0 bridgehead atoms. The van der Waals surface area contributed by atoms with Crippen LogP contribution in [0.4, 0.5) is 4.39 Å². The molecule has 5 heteroatoms. The van der Waals surface area contributed by atoms with E-state index in [0.717, 1.165) is 11.1 Å². The average Bonchev–Trinajstić information content (AvgIpc) is 2.30. The predicted molar refractivity (Wildman–Crippen MR) is 48.3 cm³/mol. The summed E-state index contributed by atoms with van der Waals surface area (Å²) in [5.74, 6) is -2.71. The van der Waals surface area contributed by atoms with Gasteiger partial charge in [0, 0.05) is 6.08 Å². The average molecular weight is 201 g/mol. The molecule has 0 spiro atoms. The maximum Gasteiger partial charge on any atom is 0.364 e. The van der Waals surface area contributed by atoms with E-state index in [2.05, 4.69) is 4.98 Å². The van der Waals surface area contributed by atoms with Crippen molar-refractivity contribution >= 4 is 23.4 Å². The summed E-state index contributed by atoms with van der Waals surface area (Å²) in [6.07, 6.45) is 0.988. The third-order valence-electron chi connectivity index (χ3n) is 1.40. The van der Waals surface area contributed by atoms with E-state index in [1.54, 1.807) is 13.8 Å². The van der Waals surface area contributed by atoms with Crippen LogP contribution in [0.25, 0.3) is 6.08 Å². The Balaban J connectivity index is 3.03. The minimum Gasteiger partial charge on any atom is -0.476 e. The first-order valence-corrected chi connectivity index (χ1v) is 4.37. The SMILES string of the molecule is Cc1nc(C)c(C=C(F)C(=O)O)s1. The van der Waals surface area contributed by atoms with E-state index in [1.165, 1.54) is 11.3 Å². The number of hydrogen-bond donors (Lipinski definition) is 1. The van der Waals surface area contributed by atoms with Gasteiger partial charge in [-0.25, -0.2) is 9.78 Å². The summed E-state index contributed by atoms with van der Waals surface area (Å²) in [5, 5.41) is 9.08. The van der Waals surface area contributed by atoms with Crippen LogP contribution in [0.5, 0.6) is 0 Å². The van der Waals surface area contributed by atoms with Gasteiger partial charge in [0.1, 0.15) is 0 Å². The fourth-order valence-electron chi connectivity index (χ4n) is 0.858. The maximum absolute atomic E-state index is 12.6. The Hall–Kier alpha value is -1.23. The quantitative estimate of drug-likeness (QED) is 0.746. The van der Waals surface area contributed by atoms with E-state index in [-0.39, 0.29) is 0 Å². The van der Waals surface area contributed by atoms with Crippen LogP contribution in [-0.4, -0.2) is 16.1 Å². The number of aliphatic carboxylic acids is 1. The number of aryl methyl sites for hydroxylation is 2. The third kappa shape index (κ3) is 2.35. The fourth-order valence-corrected chi connectivity index (χ4v) is 1.71. The van der Waals surface area contributed by atoms with Crippen molar-refractivity contribution in [3.05, 3.63) is 21.4 Å². The molecule has 0 aliphatic heterocycles. The van der Waals surface area contributed by atoms with Crippen LogP contribution in [0.3, 0.4) is 0 Å². The van der Waals surface area contributed by atoms with Gasteiger partial charge < -0.3 is 5.11 Å². The number of carboxylic acids is 1. The van der Waals surface area contributed by atoms with Gasteiger partial charge >= 0.3 is 5.97 Å². The fraction of sp³-hybridized carbons (Fsp3) is 0.250. The number of carbonyl (C=O) groups is 1. The number of halogens is 1. The molecule has 1 N–H and O–H groups in total. The molecule has 1 aromatic rings. The number of aromatic nitrogens is 1. The third-order valence-corrected chi connectivity index (χ3v) is 2.42. The molecule has 1 heterocycles. The summed E-state index contributed by atoms with van der Waals surface area (Å²) in [5.41, 5.74) is 0.652. The van der Waals surface area contributed by atoms with Crippen LogP contribution < -0.4 is 0 Å². The molecule has 0 radical (unpaired) electrons. The van der Waals surface area contributed by atoms with Crippen molar-refractivity contribution in [1.29, 1.82) is 0 Å². The van der Waals surface area contributed by atoms with E-state index in [9.17, 15) is 9.18 Å². The predicted octanol–water partition coefficient (Wildman–Crippen LogP) is 2.15. The lowest BCUT2D eigenvalue weighted by molar-refractivity contribution is -0.134. The van der Waals surface area contributed by atoms with Gasteiger partial charge in [-0.2, -0.15) is 4.39 Å². The van der Waals surface area contributed by atoms with Crippen molar-refractivity contribution in [3.63, 3.8) is 0 Å². The summed E-state index contributed by atoms with van der Waals surface area (Å²) in [6.45, 7) is 3.50. The number of hydrogen-bond acceptors (Lipinski definition) is 3. The number of rotatable bonds is 2. The summed E-state index contributed by atoms with van der Waals surface area (Å²) in [6, 6.07) is 0. The van der Waals surface area contributed by atoms with Crippen LogP contribution >= 0.6 is 11.3 Å². The Kier molecular flexibility index (Phi) is 2.77. The monoisotopic (exact) mass is 201 g/mol. The van der Waals surface area contributed by atoms with E-state index in [0.29, 0.717) is 10.6 Å². The molecule has 0 saturated heterocycles.